The van der Waals surface area contributed by atoms with Crippen molar-refractivity contribution in [2.75, 3.05) is 37.7 Å². The van der Waals surface area contributed by atoms with E-state index < -0.39 is 6.61 Å². The number of hydrogen-bond acceptors (Lipinski definition) is 7. The Bertz CT molecular complexity index is 1270. The van der Waals surface area contributed by atoms with Crippen molar-refractivity contribution in [3.05, 3.63) is 84.3 Å². The Labute approximate surface area is 198 Å². The lowest BCUT2D eigenvalue weighted by molar-refractivity contribution is -0.121. The van der Waals surface area contributed by atoms with Gasteiger partial charge < -0.3 is 10.0 Å². The Morgan fingerprint density at radius 2 is 1.68 bits per heavy atom. The second-order valence-electron chi connectivity index (χ2n) is 8.63. The molecule has 7 heteroatoms. The van der Waals surface area contributed by atoms with Gasteiger partial charge in [-0.05, 0) is 40.5 Å². The number of carbonyl (C=O) groups is 1. The van der Waals surface area contributed by atoms with E-state index in [0.29, 0.717) is 0 Å². The molecule has 4 aromatic rings. The molecule has 5 rings (SSSR count). The molecule has 0 atom stereocenters. The number of anilines is 1. The number of ketones is 1. The molecular weight excluding hydrogens is 426 g/mol. The molecule has 34 heavy (non-hydrogen) atoms. The second-order valence-corrected chi connectivity index (χ2v) is 8.63. The fraction of sp³-hybridized carbons (Fsp3) is 0.259. The molecule has 2 aromatic carbocycles. The zero-order valence-corrected chi connectivity index (χ0v) is 19.0. The van der Waals surface area contributed by atoms with Crippen LogP contribution in [-0.2, 0) is 17.8 Å². The highest BCUT2D eigenvalue weighted by Crippen LogP contribution is 2.25. The maximum atomic E-state index is 11.5. The van der Waals surface area contributed by atoms with Gasteiger partial charge in [-0.15, -0.1) is 0 Å². The molecule has 7 nitrogen and oxygen atoms in total. The van der Waals surface area contributed by atoms with Gasteiger partial charge in [0.2, 0.25) is 0 Å². The van der Waals surface area contributed by atoms with Crippen LogP contribution in [0.4, 0.5) is 5.82 Å². The number of aliphatic hydroxyl groups excluding tert-OH is 1. The molecule has 1 aliphatic rings. The van der Waals surface area contributed by atoms with Gasteiger partial charge in [-0.3, -0.25) is 19.7 Å². The molecule has 1 aliphatic heterocycles. The minimum absolute atomic E-state index is 0.181. The quantitative estimate of drug-likeness (QED) is 0.460. The third-order valence-corrected chi connectivity index (χ3v) is 6.22. The average Bonchev–Trinajstić information content (AvgIpc) is 2.89. The summed E-state index contributed by atoms with van der Waals surface area (Å²) in [6.07, 6.45) is 5.85. The fourth-order valence-electron chi connectivity index (χ4n) is 4.32. The van der Waals surface area contributed by atoms with Gasteiger partial charge in [0.05, 0.1) is 17.2 Å². The van der Waals surface area contributed by atoms with Gasteiger partial charge in [0.15, 0.2) is 5.78 Å². The summed E-state index contributed by atoms with van der Waals surface area (Å²) >= 11 is 0. The van der Waals surface area contributed by atoms with E-state index in [1.165, 1.54) is 5.56 Å². The molecular formula is C27H27N5O2. The van der Waals surface area contributed by atoms with E-state index in [1.807, 2.05) is 61.1 Å². The summed E-state index contributed by atoms with van der Waals surface area (Å²) < 4.78 is 0. The Balaban J connectivity index is 1.28. The summed E-state index contributed by atoms with van der Waals surface area (Å²) in [4.78, 5) is 30.0. The van der Waals surface area contributed by atoms with Crippen LogP contribution < -0.4 is 4.90 Å². The van der Waals surface area contributed by atoms with Crippen molar-refractivity contribution in [2.45, 2.75) is 13.0 Å². The minimum Gasteiger partial charge on any atom is -0.389 e. The summed E-state index contributed by atoms with van der Waals surface area (Å²) in [7, 11) is 0. The Hall–Kier alpha value is -3.68. The number of benzene rings is 2. The van der Waals surface area contributed by atoms with Crippen LogP contribution in [0.3, 0.4) is 0 Å². The number of aliphatic hydroxyl groups is 1. The minimum atomic E-state index is -0.424. The Kier molecular flexibility index (Phi) is 6.56. The van der Waals surface area contributed by atoms with Gasteiger partial charge in [0.1, 0.15) is 12.4 Å². The summed E-state index contributed by atoms with van der Waals surface area (Å²) in [5.74, 6) is 0.725. The number of hydrogen-bond donors (Lipinski definition) is 1. The van der Waals surface area contributed by atoms with Gasteiger partial charge in [0, 0.05) is 51.5 Å². The number of pyridine rings is 1. The maximum Gasteiger partial charge on any atom is 0.162 e. The van der Waals surface area contributed by atoms with E-state index >= 15 is 0 Å². The van der Waals surface area contributed by atoms with Crippen molar-refractivity contribution in [2.24, 2.45) is 0 Å². The summed E-state index contributed by atoms with van der Waals surface area (Å²) in [6.45, 7) is 4.26. The number of nitrogens with zero attached hydrogens (tertiary/aromatic N) is 5. The first-order valence-electron chi connectivity index (χ1n) is 11.5. The number of rotatable bonds is 7. The molecule has 172 valence electrons. The SMILES string of the molecule is O=C(CO)Cc1ccc(-c2ccc3ncc(N4CCN(Cc5cccnc5)CC4)nc3c2)cc1. The maximum absolute atomic E-state index is 11.5. The molecule has 0 radical (unpaired) electrons. The molecule has 1 saturated heterocycles. The molecule has 3 heterocycles. The lowest BCUT2D eigenvalue weighted by Crippen LogP contribution is -2.46. The normalized spacial score (nSPS) is 14.4. The van der Waals surface area contributed by atoms with Crippen LogP contribution in [0.2, 0.25) is 0 Å². The van der Waals surface area contributed by atoms with Crippen molar-refractivity contribution < 1.29 is 9.90 Å². The smallest absolute Gasteiger partial charge is 0.162 e. The van der Waals surface area contributed by atoms with Crippen LogP contribution >= 0.6 is 0 Å². The molecule has 0 bridgehead atoms. The average molecular weight is 454 g/mol. The summed E-state index contributed by atoms with van der Waals surface area (Å²) in [6, 6.07) is 18.1. The predicted octanol–water partition coefficient (Wildman–Crippen LogP) is 3.12. The standard InChI is InChI=1S/C27H27N5O2/c33-19-24(34)14-20-3-5-22(6-4-20)23-7-8-25-26(15-23)30-27(17-29-25)32-12-10-31(11-13-32)18-21-2-1-9-28-16-21/h1-9,15-17,33H,10-14,18-19H2. The third-order valence-electron chi connectivity index (χ3n) is 6.22. The van der Waals surface area contributed by atoms with Crippen molar-refractivity contribution in [3.8, 4) is 11.1 Å². The Morgan fingerprint density at radius 1 is 0.882 bits per heavy atom. The summed E-state index contributed by atoms with van der Waals surface area (Å²) in [5, 5.41) is 8.95. The number of aromatic nitrogens is 3. The van der Waals surface area contributed by atoms with E-state index in [1.54, 1.807) is 0 Å². The molecule has 2 aromatic heterocycles. The highest BCUT2D eigenvalue weighted by molar-refractivity contribution is 5.83. The molecule has 0 spiro atoms. The Morgan fingerprint density at radius 3 is 2.41 bits per heavy atom. The number of piperazine rings is 1. The highest BCUT2D eigenvalue weighted by atomic mass is 16.3. The van der Waals surface area contributed by atoms with Gasteiger partial charge in [-0.1, -0.05) is 36.4 Å². The highest BCUT2D eigenvalue weighted by Gasteiger charge is 2.19. The van der Waals surface area contributed by atoms with Crippen LogP contribution in [0.15, 0.2) is 73.2 Å². The van der Waals surface area contributed by atoms with Crippen LogP contribution in [-0.4, -0.2) is 63.5 Å². The second kappa shape index (κ2) is 10.1. The molecule has 0 aliphatic carbocycles. The first kappa shape index (κ1) is 22.1. The number of fused-ring (bicyclic) bond motifs is 1. The van der Waals surface area contributed by atoms with E-state index in [0.717, 1.165) is 66.3 Å². The molecule has 1 fully saturated rings. The monoisotopic (exact) mass is 453 g/mol. The zero-order valence-electron chi connectivity index (χ0n) is 19.0. The van der Waals surface area contributed by atoms with E-state index in [9.17, 15) is 4.79 Å². The number of carbonyl (C=O) groups excluding carboxylic acids is 1. The molecule has 0 unspecified atom stereocenters. The van der Waals surface area contributed by atoms with Crippen molar-refractivity contribution >= 4 is 22.6 Å². The van der Waals surface area contributed by atoms with Crippen LogP contribution in [0, 0.1) is 0 Å². The topological polar surface area (TPSA) is 82.5 Å². The molecule has 1 N–H and O–H groups in total. The van der Waals surface area contributed by atoms with Gasteiger partial charge >= 0.3 is 0 Å². The lowest BCUT2D eigenvalue weighted by Gasteiger charge is -2.35. The van der Waals surface area contributed by atoms with Crippen LogP contribution in [0.1, 0.15) is 11.1 Å². The van der Waals surface area contributed by atoms with Crippen LogP contribution in [0.25, 0.3) is 22.2 Å². The molecule has 0 amide bonds. The zero-order chi connectivity index (χ0) is 23.3. The fourth-order valence-corrected chi connectivity index (χ4v) is 4.32. The van der Waals surface area contributed by atoms with Gasteiger partial charge in [-0.25, -0.2) is 4.98 Å². The summed E-state index contributed by atoms with van der Waals surface area (Å²) in [5.41, 5.74) is 5.98. The predicted molar refractivity (Wildman–Crippen MR) is 132 cm³/mol. The first-order chi connectivity index (χ1) is 16.7. The molecule has 0 saturated carbocycles. The van der Waals surface area contributed by atoms with Crippen molar-refractivity contribution in [3.63, 3.8) is 0 Å². The lowest BCUT2D eigenvalue weighted by atomic mass is 10.0. The van der Waals surface area contributed by atoms with E-state index in [2.05, 4.69) is 31.9 Å². The largest absolute Gasteiger partial charge is 0.389 e. The van der Waals surface area contributed by atoms with Crippen molar-refractivity contribution in [1.82, 2.24) is 19.9 Å². The van der Waals surface area contributed by atoms with Crippen LogP contribution in [0.5, 0.6) is 0 Å². The van der Waals surface area contributed by atoms with Crippen molar-refractivity contribution in [1.29, 1.82) is 0 Å². The van der Waals surface area contributed by atoms with Gasteiger partial charge in [-0.2, -0.15) is 0 Å². The third kappa shape index (κ3) is 5.11. The van der Waals surface area contributed by atoms with E-state index in [-0.39, 0.29) is 12.2 Å². The van der Waals surface area contributed by atoms with E-state index in [4.69, 9.17) is 10.1 Å². The number of Topliss-reactive ketones (excluding diaryl/α,β-unsaturated/α-hetero) is 1. The van der Waals surface area contributed by atoms with Gasteiger partial charge in [0.25, 0.3) is 0 Å². The first-order valence-corrected chi connectivity index (χ1v) is 11.5.